The van der Waals surface area contributed by atoms with E-state index in [1.54, 1.807) is 0 Å². The molecule has 0 saturated carbocycles. The molecular formula is C16H17N3. The van der Waals surface area contributed by atoms with Gasteiger partial charge in [0.2, 0.25) is 0 Å². The predicted octanol–water partition coefficient (Wildman–Crippen LogP) is 2.82. The maximum Gasteiger partial charge on any atom is 0.0540 e. The van der Waals surface area contributed by atoms with E-state index < -0.39 is 0 Å². The van der Waals surface area contributed by atoms with Crippen molar-refractivity contribution in [2.75, 3.05) is 11.4 Å². The third-order valence-electron chi connectivity index (χ3n) is 3.52. The molecule has 0 aromatic heterocycles. The minimum Gasteiger partial charge on any atom is -0.330 e. The van der Waals surface area contributed by atoms with E-state index in [2.05, 4.69) is 46.3 Å². The SMILES string of the molecule is NCC1CC=CC=C1N1C=CN=Cc2ccccc21. The number of anilines is 1. The largest absolute Gasteiger partial charge is 0.330 e. The highest BCUT2D eigenvalue weighted by Gasteiger charge is 2.21. The Morgan fingerprint density at radius 2 is 2.21 bits per heavy atom. The predicted molar refractivity (Wildman–Crippen MR) is 80.0 cm³/mol. The van der Waals surface area contributed by atoms with E-state index >= 15 is 0 Å². The van der Waals surface area contributed by atoms with Crippen LogP contribution in [0.25, 0.3) is 0 Å². The van der Waals surface area contributed by atoms with Crippen LogP contribution >= 0.6 is 0 Å². The second-order valence-electron chi connectivity index (χ2n) is 4.69. The van der Waals surface area contributed by atoms with E-state index in [0.29, 0.717) is 12.5 Å². The van der Waals surface area contributed by atoms with Gasteiger partial charge in [0, 0.05) is 42.3 Å². The number of hydrogen-bond acceptors (Lipinski definition) is 3. The standard InChI is InChI=1S/C16H17N3/c17-11-13-5-1-3-7-15(13)19-10-9-18-12-14-6-2-4-8-16(14)19/h1-4,6-10,12-13H,5,11,17H2. The Balaban J connectivity index is 2.06. The molecule has 1 aliphatic carbocycles. The number of aliphatic imine (C=N–C) groups is 1. The smallest absolute Gasteiger partial charge is 0.0540 e. The van der Waals surface area contributed by atoms with Crippen LogP contribution in [0.2, 0.25) is 0 Å². The highest BCUT2D eigenvalue weighted by atomic mass is 15.1. The Kier molecular flexibility index (Phi) is 3.29. The molecule has 2 N–H and O–H groups in total. The molecule has 0 fully saturated rings. The molecule has 3 nitrogen and oxygen atoms in total. The van der Waals surface area contributed by atoms with E-state index in [0.717, 1.165) is 17.7 Å². The van der Waals surface area contributed by atoms with E-state index in [-0.39, 0.29) is 0 Å². The van der Waals surface area contributed by atoms with Gasteiger partial charge in [-0.3, -0.25) is 4.99 Å². The lowest BCUT2D eigenvalue weighted by molar-refractivity contribution is 0.615. The molecule has 0 spiro atoms. The van der Waals surface area contributed by atoms with Gasteiger partial charge in [0.25, 0.3) is 0 Å². The van der Waals surface area contributed by atoms with Gasteiger partial charge in [0.1, 0.15) is 0 Å². The van der Waals surface area contributed by atoms with Crippen molar-refractivity contribution in [2.45, 2.75) is 6.42 Å². The van der Waals surface area contributed by atoms with Crippen LogP contribution in [0.5, 0.6) is 0 Å². The molecular weight excluding hydrogens is 234 g/mol. The van der Waals surface area contributed by atoms with Crippen molar-refractivity contribution in [1.29, 1.82) is 0 Å². The Morgan fingerprint density at radius 1 is 1.32 bits per heavy atom. The second kappa shape index (κ2) is 5.24. The summed E-state index contributed by atoms with van der Waals surface area (Å²) in [5, 5.41) is 0. The number of para-hydroxylation sites is 1. The van der Waals surface area contributed by atoms with E-state index in [1.165, 1.54) is 5.70 Å². The van der Waals surface area contributed by atoms with Gasteiger partial charge in [-0.1, -0.05) is 30.4 Å². The number of benzene rings is 1. The van der Waals surface area contributed by atoms with Crippen LogP contribution < -0.4 is 10.6 Å². The molecule has 96 valence electrons. The second-order valence-corrected chi connectivity index (χ2v) is 4.69. The molecule has 3 heteroatoms. The summed E-state index contributed by atoms with van der Waals surface area (Å²) >= 11 is 0. The maximum absolute atomic E-state index is 5.90. The van der Waals surface area contributed by atoms with Crippen LogP contribution in [0.15, 0.2) is 65.6 Å². The minimum absolute atomic E-state index is 0.362. The molecule has 0 radical (unpaired) electrons. The Morgan fingerprint density at radius 3 is 3.11 bits per heavy atom. The first-order valence-electron chi connectivity index (χ1n) is 6.55. The molecule has 0 amide bonds. The summed E-state index contributed by atoms with van der Waals surface area (Å²) in [4.78, 5) is 6.48. The molecule has 1 heterocycles. The fourth-order valence-electron chi connectivity index (χ4n) is 2.51. The summed E-state index contributed by atoms with van der Waals surface area (Å²) in [6, 6.07) is 8.28. The Hall–Kier alpha value is -2.13. The van der Waals surface area contributed by atoms with Crippen molar-refractivity contribution in [1.82, 2.24) is 0 Å². The first kappa shape index (κ1) is 11.9. The summed E-state index contributed by atoms with van der Waals surface area (Å²) in [5.74, 6) is 0.362. The number of hydrogen-bond donors (Lipinski definition) is 1. The highest BCUT2D eigenvalue weighted by molar-refractivity contribution is 5.90. The molecule has 3 rings (SSSR count). The first-order valence-corrected chi connectivity index (χ1v) is 6.55. The van der Waals surface area contributed by atoms with Gasteiger partial charge in [0.15, 0.2) is 0 Å². The number of nitrogens with two attached hydrogens (primary N) is 1. The van der Waals surface area contributed by atoms with Gasteiger partial charge in [-0.2, -0.15) is 0 Å². The first-order chi connectivity index (χ1) is 9.40. The molecule has 1 aromatic rings. The lowest BCUT2D eigenvalue weighted by atomic mass is 9.95. The molecule has 1 aromatic carbocycles. The number of rotatable bonds is 2. The molecule has 2 aliphatic rings. The maximum atomic E-state index is 5.90. The zero-order valence-electron chi connectivity index (χ0n) is 10.7. The van der Waals surface area contributed by atoms with E-state index in [4.69, 9.17) is 5.73 Å². The van der Waals surface area contributed by atoms with Crippen molar-refractivity contribution in [3.8, 4) is 0 Å². The molecule has 0 bridgehead atoms. The van der Waals surface area contributed by atoms with Crippen LogP contribution in [-0.2, 0) is 0 Å². The molecule has 1 atom stereocenters. The average molecular weight is 251 g/mol. The lowest BCUT2D eigenvalue weighted by Gasteiger charge is -2.30. The summed E-state index contributed by atoms with van der Waals surface area (Å²) in [6.45, 7) is 0.656. The van der Waals surface area contributed by atoms with Crippen molar-refractivity contribution >= 4 is 11.9 Å². The van der Waals surface area contributed by atoms with E-state index in [9.17, 15) is 0 Å². The highest BCUT2D eigenvalue weighted by Crippen LogP contribution is 2.31. The molecule has 0 saturated heterocycles. The zero-order chi connectivity index (χ0) is 13.1. The molecule has 1 aliphatic heterocycles. The zero-order valence-corrected chi connectivity index (χ0v) is 10.7. The van der Waals surface area contributed by atoms with Gasteiger partial charge in [0.05, 0.1) is 5.69 Å². The van der Waals surface area contributed by atoms with Gasteiger partial charge >= 0.3 is 0 Å². The molecule has 1 unspecified atom stereocenters. The topological polar surface area (TPSA) is 41.6 Å². The number of fused-ring (bicyclic) bond motifs is 1. The average Bonchev–Trinajstić information content (AvgIpc) is 2.69. The normalized spacial score (nSPS) is 21.0. The molecule has 19 heavy (non-hydrogen) atoms. The third kappa shape index (κ3) is 2.25. The summed E-state index contributed by atoms with van der Waals surface area (Å²) in [7, 11) is 0. The van der Waals surface area contributed by atoms with E-state index in [1.807, 2.05) is 24.7 Å². The van der Waals surface area contributed by atoms with Gasteiger partial charge < -0.3 is 10.6 Å². The van der Waals surface area contributed by atoms with Crippen molar-refractivity contribution in [2.24, 2.45) is 16.6 Å². The van der Waals surface area contributed by atoms with Crippen LogP contribution in [0.1, 0.15) is 12.0 Å². The number of allylic oxidation sites excluding steroid dienone is 3. The van der Waals surface area contributed by atoms with Crippen LogP contribution in [-0.4, -0.2) is 12.8 Å². The number of nitrogens with zero attached hydrogens (tertiary/aromatic N) is 2. The van der Waals surface area contributed by atoms with Crippen LogP contribution in [0.3, 0.4) is 0 Å². The van der Waals surface area contributed by atoms with Crippen molar-refractivity contribution < 1.29 is 0 Å². The fraction of sp³-hybridized carbons (Fsp3) is 0.188. The van der Waals surface area contributed by atoms with Crippen molar-refractivity contribution in [3.63, 3.8) is 0 Å². The summed E-state index contributed by atoms with van der Waals surface area (Å²) < 4.78 is 0. The quantitative estimate of drug-likeness (QED) is 0.878. The minimum atomic E-state index is 0.362. The summed E-state index contributed by atoms with van der Waals surface area (Å²) in [5.41, 5.74) is 9.41. The van der Waals surface area contributed by atoms with Crippen molar-refractivity contribution in [3.05, 3.63) is 66.2 Å². The monoisotopic (exact) mass is 251 g/mol. The Bertz CT molecular complexity index is 581. The Labute approximate surface area is 113 Å². The van der Waals surface area contributed by atoms with Crippen LogP contribution in [0, 0.1) is 5.92 Å². The van der Waals surface area contributed by atoms with Gasteiger partial charge in [-0.25, -0.2) is 0 Å². The third-order valence-corrected chi connectivity index (χ3v) is 3.52. The summed E-state index contributed by atoms with van der Waals surface area (Å²) in [6.07, 6.45) is 13.1. The van der Waals surface area contributed by atoms with Crippen LogP contribution in [0.4, 0.5) is 5.69 Å². The fourth-order valence-corrected chi connectivity index (χ4v) is 2.51. The van der Waals surface area contributed by atoms with Gasteiger partial charge in [-0.05, 0) is 18.6 Å². The lowest BCUT2D eigenvalue weighted by Crippen LogP contribution is -2.28. The van der Waals surface area contributed by atoms with Gasteiger partial charge in [-0.15, -0.1) is 0 Å².